The monoisotopic (exact) mass is 884 g/mol. The molecular formula is C50H47F3N6O4S. The lowest BCUT2D eigenvalue weighted by Gasteiger charge is -2.39. The number of benzene rings is 4. The van der Waals surface area contributed by atoms with E-state index in [-0.39, 0.29) is 35.3 Å². The van der Waals surface area contributed by atoms with Crippen LogP contribution in [0.3, 0.4) is 0 Å². The molecule has 328 valence electrons. The van der Waals surface area contributed by atoms with Gasteiger partial charge in [0.2, 0.25) is 0 Å². The molecule has 10 rings (SSSR count). The molecule has 1 N–H and O–H groups in total. The second-order valence-corrected chi connectivity index (χ2v) is 18.7. The van der Waals surface area contributed by atoms with Gasteiger partial charge in [0.05, 0.1) is 11.3 Å². The summed E-state index contributed by atoms with van der Waals surface area (Å²) in [5.41, 5.74) is 7.03. The Morgan fingerprint density at radius 3 is 2.31 bits per heavy atom. The van der Waals surface area contributed by atoms with Crippen molar-refractivity contribution in [3.8, 4) is 22.2 Å². The van der Waals surface area contributed by atoms with Crippen LogP contribution in [0.1, 0.15) is 95.2 Å². The van der Waals surface area contributed by atoms with Crippen LogP contribution in [0.4, 0.5) is 18.9 Å². The Labute approximate surface area is 373 Å². The van der Waals surface area contributed by atoms with Crippen molar-refractivity contribution in [1.82, 2.24) is 19.7 Å². The van der Waals surface area contributed by atoms with Gasteiger partial charge < -0.3 is 24.4 Å². The Kier molecular flexibility index (Phi) is 10.4. The number of carbonyl (C=O) groups excluding carboxylic acids is 1. The summed E-state index contributed by atoms with van der Waals surface area (Å²) in [5, 5.41) is 20.2. The number of thiophene rings is 1. The summed E-state index contributed by atoms with van der Waals surface area (Å²) < 4.78 is 58.9. The fourth-order valence-electron chi connectivity index (χ4n) is 9.87. The number of amides is 1. The molecule has 6 aromatic rings. The zero-order valence-corrected chi connectivity index (χ0v) is 37.0. The summed E-state index contributed by atoms with van der Waals surface area (Å²) in [6.45, 7) is 13.2. The standard InChI is InChI=1S/C50H47F3N6O4S/c1-27-30(4)64-49-44(27)46(54-29(3)48-56-55-31(5)59(48)49)32-6-10-35(11-7-32)58-21-18-50(26-58)16-19-57(20-17-50)42(61)25-62-37-13-8-33(9-14-37)47-43(45-39(52)22-34(51)23-40(45)53)28(2)38-24-36(60)12-15-41(38)63-47/h6-15,22-24,29,47,60H,16-21,25-26H2,1-5H3/t29-,47+/m0/s1. The predicted octanol–water partition coefficient (Wildman–Crippen LogP) is 10.3. The second kappa shape index (κ2) is 16.0. The van der Waals surface area contributed by atoms with E-state index in [1.807, 2.05) is 11.8 Å². The fraction of sp³-hybridized carbons (Fsp3) is 0.320. The van der Waals surface area contributed by atoms with Gasteiger partial charge in [-0.05, 0) is 118 Å². The molecule has 2 fully saturated rings. The van der Waals surface area contributed by atoms with Crippen LogP contribution in [-0.2, 0) is 4.79 Å². The van der Waals surface area contributed by atoms with Gasteiger partial charge in [0.25, 0.3) is 5.91 Å². The summed E-state index contributed by atoms with van der Waals surface area (Å²) in [7, 11) is 0. The van der Waals surface area contributed by atoms with E-state index in [2.05, 4.69) is 64.7 Å². The quantitative estimate of drug-likeness (QED) is 0.170. The van der Waals surface area contributed by atoms with E-state index in [1.54, 1.807) is 48.6 Å². The Balaban J connectivity index is 0.770. The molecule has 0 aliphatic carbocycles. The van der Waals surface area contributed by atoms with Crippen molar-refractivity contribution in [3.05, 3.63) is 146 Å². The third-order valence-electron chi connectivity index (χ3n) is 13.6. The van der Waals surface area contributed by atoms with E-state index in [9.17, 15) is 14.3 Å². The average molecular weight is 885 g/mol. The molecule has 2 aromatic heterocycles. The number of likely N-dealkylation sites (tertiary alicyclic amines) is 1. The summed E-state index contributed by atoms with van der Waals surface area (Å²) in [6, 6.07) is 21.3. The highest BCUT2D eigenvalue weighted by molar-refractivity contribution is 7.15. The molecule has 2 saturated heterocycles. The van der Waals surface area contributed by atoms with E-state index in [4.69, 9.17) is 14.5 Å². The molecule has 64 heavy (non-hydrogen) atoms. The lowest BCUT2D eigenvalue weighted by Crippen LogP contribution is -2.45. The third-order valence-corrected chi connectivity index (χ3v) is 14.8. The van der Waals surface area contributed by atoms with Crippen molar-refractivity contribution in [3.63, 3.8) is 0 Å². The van der Waals surface area contributed by atoms with Gasteiger partial charge in [-0.25, -0.2) is 13.2 Å². The molecule has 0 saturated carbocycles. The Morgan fingerprint density at radius 1 is 0.891 bits per heavy atom. The SMILES string of the molecule is CC1=C(c2c(F)cc(F)cc2F)[C@@H](c2ccc(OCC(=O)N3CCC4(CC3)CCN(c3ccc(C5=N[C@@H](C)c6nnc(C)n6-c6sc(C)c(C)c65)cc3)C4)cc2)Oc2ccc(O)cc21. The number of nitrogens with zero attached hydrogens (tertiary/aromatic N) is 6. The van der Waals surface area contributed by atoms with Crippen LogP contribution in [0.15, 0.2) is 83.9 Å². The van der Waals surface area contributed by atoms with E-state index in [0.29, 0.717) is 53.4 Å². The van der Waals surface area contributed by atoms with E-state index in [0.717, 1.165) is 65.8 Å². The lowest BCUT2D eigenvalue weighted by atomic mass is 9.78. The third kappa shape index (κ3) is 7.21. The van der Waals surface area contributed by atoms with Gasteiger partial charge in [-0.2, -0.15) is 0 Å². The first-order valence-corrected chi connectivity index (χ1v) is 22.4. The number of rotatable bonds is 7. The first-order valence-electron chi connectivity index (χ1n) is 21.6. The van der Waals surface area contributed by atoms with Crippen molar-refractivity contribution < 1.29 is 32.5 Å². The van der Waals surface area contributed by atoms with Gasteiger partial charge in [0, 0.05) is 71.1 Å². The lowest BCUT2D eigenvalue weighted by molar-refractivity contribution is -0.135. The maximum absolute atomic E-state index is 15.3. The Hall–Kier alpha value is -6.41. The number of aryl methyl sites for hydroxylation is 2. The minimum Gasteiger partial charge on any atom is -0.508 e. The number of allylic oxidation sites excluding steroid dienone is 1. The minimum absolute atomic E-state index is 0.0364. The molecule has 0 radical (unpaired) electrons. The number of aromatic nitrogens is 3. The number of aromatic hydroxyl groups is 1. The Morgan fingerprint density at radius 2 is 1.59 bits per heavy atom. The molecule has 2 atom stereocenters. The van der Waals surface area contributed by atoms with Crippen LogP contribution in [0, 0.1) is 43.6 Å². The molecule has 10 nitrogen and oxygen atoms in total. The largest absolute Gasteiger partial charge is 0.508 e. The normalized spacial score (nSPS) is 18.9. The molecule has 4 aliphatic rings. The van der Waals surface area contributed by atoms with Crippen molar-refractivity contribution >= 4 is 39.8 Å². The molecule has 4 aromatic carbocycles. The number of carbonyl (C=O) groups is 1. The molecule has 1 spiro atoms. The smallest absolute Gasteiger partial charge is 0.260 e. The average Bonchev–Trinajstić information content (AvgIpc) is 3.94. The van der Waals surface area contributed by atoms with Gasteiger partial charge in [0.1, 0.15) is 57.7 Å². The predicted molar refractivity (Wildman–Crippen MR) is 241 cm³/mol. The topological polar surface area (TPSA) is 105 Å². The fourth-order valence-corrected chi connectivity index (χ4v) is 11.1. The van der Waals surface area contributed by atoms with E-state index >= 15 is 8.78 Å². The Bertz CT molecular complexity index is 2870. The summed E-state index contributed by atoms with van der Waals surface area (Å²) in [6.07, 6.45) is 1.93. The van der Waals surface area contributed by atoms with Gasteiger partial charge in [-0.1, -0.05) is 24.3 Å². The molecule has 6 heterocycles. The molecule has 0 bridgehead atoms. The van der Waals surface area contributed by atoms with Crippen LogP contribution in [0.2, 0.25) is 0 Å². The van der Waals surface area contributed by atoms with Crippen LogP contribution in [0.25, 0.3) is 16.1 Å². The van der Waals surface area contributed by atoms with Crippen molar-refractivity contribution in [1.29, 1.82) is 0 Å². The van der Waals surface area contributed by atoms with Crippen LogP contribution in [-0.4, -0.2) is 69.2 Å². The molecular weight excluding hydrogens is 838 g/mol. The highest BCUT2D eigenvalue weighted by Gasteiger charge is 2.42. The number of halogens is 3. The number of aliphatic imine (C=N–C) groups is 1. The highest BCUT2D eigenvalue weighted by Crippen LogP contribution is 2.49. The van der Waals surface area contributed by atoms with Crippen LogP contribution < -0.4 is 14.4 Å². The number of phenols is 1. The second-order valence-electron chi connectivity index (χ2n) is 17.5. The molecule has 0 unspecified atom stereocenters. The van der Waals surface area contributed by atoms with Crippen LogP contribution >= 0.6 is 11.3 Å². The van der Waals surface area contributed by atoms with Gasteiger partial charge in [-0.3, -0.25) is 14.4 Å². The van der Waals surface area contributed by atoms with E-state index < -0.39 is 29.1 Å². The van der Waals surface area contributed by atoms with E-state index in [1.165, 1.54) is 28.3 Å². The number of phenolic OH excluding ortho intramolecular Hbond substituents is 1. The number of hydrogen-bond donors (Lipinski definition) is 1. The number of fused-ring (bicyclic) bond motifs is 4. The van der Waals surface area contributed by atoms with Gasteiger partial charge in [0.15, 0.2) is 12.4 Å². The molecule has 14 heteroatoms. The van der Waals surface area contributed by atoms with Crippen LogP contribution in [0.5, 0.6) is 17.2 Å². The van der Waals surface area contributed by atoms with Crippen molar-refractivity contribution in [2.75, 3.05) is 37.7 Å². The van der Waals surface area contributed by atoms with Crippen molar-refractivity contribution in [2.24, 2.45) is 10.4 Å². The number of hydrogen-bond acceptors (Lipinski definition) is 9. The summed E-state index contributed by atoms with van der Waals surface area (Å²) in [4.78, 5) is 24.3. The summed E-state index contributed by atoms with van der Waals surface area (Å²) >= 11 is 1.76. The first kappa shape index (κ1) is 41.6. The summed E-state index contributed by atoms with van der Waals surface area (Å²) in [5.74, 6) is -0.701. The van der Waals surface area contributed by atoms with Gasteiger partial charge in [-0.15, -0.1) is 21.5 Å². The van der Waals surface area contributed by atoms with Gasteiger partial charge >= 0.3 is 0 Å². The highest BCUT2D eigenvalue weighted by atomic mass is 32.1. The zero-order chi connectivity index (χ0) is 44.6. The number of ether oxygens (including phenoxy) is 2. The zero-order valence-electron chi connectivity index (χ0n) is 36.2. The molecule has 1 amide bonds. The van der Waals surface area contributed by atoms with Crippen molar-refractivity contribution in [2.45, 2.75) is 66.0 Å². The number of anilines is 1. The molecule has 4 aliphatic heterocycles. The number of piperidine rings is 1. The maximum Gasteiger partial charge on any atom is 0.260 e. The maximum atomic E-state index is 15.3. The first-order chi connectivity index (χ1) is 30.8. The minimum atomic E-state index is -1.07.